The second kappa shape index (κ2) is 5.18. The Balaban J connectivity index is 2.26. The summed E-state index contributed by atoms with van der Waals surface area (Å²) < 4.78 is 14.4. The molecule has 18 heavy (non-hydrogen) atoms. The van der Waals surface area contributed by atoms with Crippen molar-refractivity contribution < 1.29 is 9.18 Å². The molecule has 6 heteroatoms. The Hall–Kier alpha value is -1.88. The molecule has 1 aromatic heterocycles. The summed E-state index contributed by atoms with van der Waals surface area (Å²) in [5.74, 6) is -0.531. The summed E-state index contributed by atoms with van der Waals surface area (Å²) in [6.07, 6.45) is 3.27. The number of nitrogens with zero attached hydrogens (tertiary/aromatic N) is 2. The van der Waals surface area contributed by atoms with Gasteiger partial charge >= 0.3 is 0 Å². The molecule has 1 amide bonds. The molecule has 0 aliphatic rings. The third-order valence-corrected chi connectivity index (χ3v) is 2.77. The molecule has 0 unspecified atom stereocenters. The van der Waals surface area contributed by atoms with E-state index >= 15 is 0 Å². The van der Waals surface area contributed by atoms with Crippen LogP contribution in [-0.4, -0.2) is 22.7 Å². The minimum Gasteiger partial charge on any atom is -0.358 e. The third-order valence-electron chi connectivity index (χ3n) is 2.46. The van der Waals surface area contributed by atoms with E-state index in [0.717, 1.165) is 5.56 Å². The van der Waals surface area contributed by atoms with Gasteiger partial charge in [-0.1, -0.05) is 11.6 Å². The molecule has 0 fully saturated rings. The lowest BCUT2D eigenvalue weighted by Crippen LogP contribution is -2.23. The Kier molecular flexibility index (Phi) is 3.62. The van der Waals surface area contributed by atoms with Crippen LogP contribution in [0.5, 0.6) is 0 Å². The van der Waals surface area contributed by atoms with Gasteiger partial charge in [-0.2, -0.15) is 5.10 Å². The predicted molar refractivity (Wildman–Crippen MR) is 66.7 cm³/mol. The minimum atomic E-state index is -0.387. The van der Waals surface area contributed by atoms with Crippen molar-refractivity contribution in [3.63, 3.8) is 0 Å². The molecule has 0 spiro atoms. The first-order valence-corrected chi connectivity index (χ1v) is 5.66. The van der Waals surface area contributed by atoms with Gasteiger partial charge in [-0.3, -0.25) is 9.48 Å². The Morgan fingerprint density at radius 1 is 1.56 bits per heavy atom. The van der Waals surface area contributed by atoms with Gasteiger partial charge in [0.15, 0.2) is 0 Å². The first-order chi connectivity index (χ1) is 8.60. The zero-order chi connectivity index (χ0) is 13.1. The summed E-state index contributed by atoms with van der Waals surface area (Å²) in [7, 11) is 1.56. The maximum atomic E-state index is 12.9. The van der Waals surface area contributed by atoms with Crippen molar-refractivity contribution in [2.75, 3.05) is 7.05 Å². The normalized spacial score (nSPS) is 10.4. The van der Waals surface area contributed by atoms with Gasteiger partial charge in [0.25, 0.3) is 0 Å². The second-order valence-electron chi connectivity index (χ2n) is 3.72. The number of halogens is 2. The van der Waals surface area contributed by atoms with Crippen LogP contribution in [0, 0.1) is 5.82 Å². The molecule has 0 aliphatic carbocycles. The molecule has 2 rings (SSSR count). The van der Waals surface area contributed by atoms with E-state index in [0.29, 0.717) is 10.6 Å². The van der Waals surface area contributed by atoms with Crippen LogP contribution in [0.1, 0.15) is 0 Å². The lowest BCUT2D eigenvalue weighted by molar-refractivity contribution is -0.121. The molecular weight excluding hydrogens is 257 g/mol. The number of likely N-dealkylation sites (N-methyl/N-ethyl adjacent to an activating group) is 1. The number of benzene rings is 1. The molecule has 1 aromatic carbocycles. The van der Waals surface area contributed by atoms with Gasteiger partial charge in [-0.15, -0.1) is 0 Å². The fourth-order valence-corrected chi connectivity index (χ4v) is 1.82. The molecule has 0 saturated carbocycles. The van der Waals surface area contributed by atoms with Crippen molar-refractivity contribution in [2.45, 2.75) is 6.54 Å². The van der Waals surface area contributed by atoms with E-state index in [9.17, 15) is 9.18 Å². The maximum Gasteiger partial charge on any atom is 0.241 e. The smallest absolute Gasteiger partial charge is 0.241 e. The number of amides is 1. The number of hydrogen-bond acceptors (Lipinski definition) is 2. The number of hydrogen-bond donors (Lipinski definition) is 1. The lowest BCUT2D eigenvalue weighted by atomic mass is 10.1. The Morgan fingerprint density at radius 3 is 3.00 bits per heavy atom. The van der Waals surface area contributed by atoms with Crippen LogP contribution in [0.15, 0.2) is 30.6 Å². The van der Waals surface area contributed by atoms with E-state index in [1.54, 1.807) is 25.5 Å². The minimum absolute atomic E-state index is 0.134. The van der Waals surface area contributed by atoms with Gasteiger partial charge in [0.05, 0.1) is 11.2 Å². The van der Waals surface area contributed by atoms with E-state index in [4.69, 9.17) is 11.6 Å². The molecule has 1 N–H and O–H groups in total. The van der Waals surface area contributed by atoms with Gasteiger partial charge in [0.1, 0.15) is 12.4 Å². The molecule has 94 valence electrons. The Morgan fingerprint density at radius 2 is 2.33 bits per heavy atom. The first kappa shape index (κ1) is 12.6. The Bertz CT molecular complexity index is 582. The summed E-state index contributed by atoms with van der Waals surface area (Å²) in [5.41, 5.74) is 1.42. The number of carbonyl (C=O) groups excluding carboxylic acids is 1. The summed E-state index contributed by atoms with van der Waals surface area (Å²) >= 11 is 5.95. The van der Waals surface area contributed by atoms with Crippen molar-refractivity contribution in [3.05, 3.63) is 41.4 Å². The van der Waals surface area contributed by atoms with Crippen LogP contribution in [0.25, 0.3) is 11.1 Å². The van der Waals surface area contributed by atoms with Crippen LogP contribution >= 0.6 is 11.6 Å². The number of nitrogens with one attached hydrogen (secondary N) is 1. The van der Waals surface area contributed by atoms with Gasteiger partial charge < -0.3 is 5.32 Å². The average Bonchev–Trinajstić information content (AvgIpc) is 2.77. The summed E-state index contributed by atoms with van der Waals surface area (Å²) in [6, 6.07) is 4.16. The fourth-order valence-electron chi connectivity index (χ4n) is 1.54. The highest BCUT2D eigenvalue weighted by atomic mass is 35.5. The summed E-state index contributed by atoms with van der Waals surface area (Å²) in [4.78, 5) is 11.2. The lowest BCUT2D eigenvalue weighted by Gasteiger charge is -2.01. The zero-order valence-corrected chi connectivity index (χ0v) is 10.4. The maximum absolute atomic E-state index is 12.9. The monoisotopic (exact) mass is 267 g/mol. The second-order valence-corrected chi connectivity index (χ2v) is 4.13. The largest absolute Gasteiger partial charge is 0.358 e. The quantitative estimate of drug-likeness (QED) is 0.926. The molecule has 0 radical (unpaired) electrons. The van der Waals surface area contributed by atoms with Crippen molar-refractivity contribution in [2.24, 2.45) is 0 Å². The molecule has 0 saturated heterocycles. The number of carbonyl (C=O) groups is 1. The van der Waals surface area contributed by atoms with E-state index < -0.39 is 0 Å². The number of rotatable bonds is 3. The SMILES string of the molecule is CNC(=O)Cn1cc(-c2ccc(F)cc2Cl)cn1. The molecule has 4 nitrogen and oxygen atoms in total. The predicted octanol–water partition coefficient (Wildman–Crippen LogP) is 2.09. The summed E-state index contributed by atoms with van der Waals surface area (Å²) in [5, 5.41) is 6.87. The van der Waals surface area contributed by atoms with E-state index in [-0.39, 0.29) is 18.3 Å². The van der Waals surface area contributed by atoms with Gasteiger partial charge in [-0.25, -0.2) is 4.39 Å². The van der Waals surface area contributed by atoms with Crippen molar-refractivity contribution in [1.82, 2.24) is 15.1 Å². The highest BCUT2D eigenvalue weighted by Gasteiger charge is 2.08. The van der Waals surface area contributed by atoms with Gasteiger partial charge in [-0.05, 0) is 18.2 Å². The van der Waals surface area contributed by atoms with E-state index in [1.165, 1.54) is 16.8 Å². The third kappa shape index (κ3) is 2.68. The summed E-state index contributed by atoms with van der Waals surface area (Å²) in [6.45, 7) is 0.134. The molecular formula is C12H11ClFN3O. The molecule has 2 aromatic rings. The molecule has 0 bridgehead atoms. The van der Waals surface area contributed by atoms with Gasteiger partial charge in [0, 0.05) is 24.4 Å². The standard InChI is InChI=1S/C12H11ClFN3O/c1-15-12(18)7-17-6-8(5-16-17)10-3-2-9(14)4-11(10)13/h2-6H,7H2,1H3,(H,15,18). The van der Waals surface area contributed by atoms with E-state index in [1.807, 2.05) is 0 Å². The van der Waals surface area contributed by atoms with Crippen LogP contribution < -0.4 is 5.32 Å². The highest BCUT2D eigenvalue weighted by Crippen LogP contribution is 2.27. The molecule has 1 heterocycles. The van der Waals surface area contributed by atoms with Crippen LogP contribution in [0.3, 0.4) is 0 Å². The van der Waals surface area contributed by atoms with Crippen LogP contribution in [0.4, 0.5) is 4.39 Å². The topological polar surface area (TPSA) is 46.9 Å². The Labute approximate surface area is 108 Å². The highest BCUT2D eigenvalue weighted by molar-refractivity contribution is 6.33. The average molecular weight is 268 g/mol. The van der Waals surface area contributed by atoms with Crippen LogP contribution in [0.2, 0.25) is 5.02 Å². The van der Waals surface area contributed by atoms with Gasteiger partial charge in [0.2, 0.25) is 5.91 Å². The number of aromatic nitrogens is 2. The first-order valence-electron chi connectivity index (χ1n) is 5.28. The molecule has 0 aliphatic heterocycles. The van der Waals surface area contributed by atoms with E-state index in [2.05, 4.69) is 10.4 Å². The zero-order valence-electron chi connectivity index (χ0n) is 9.65. The van der Waals surface area contributed by atoms with Crippen molar-refractivity contribution in [3.8, 4) is 11.1 Å². The van der Waals surface area contributed by atoms with Crippen LogP contribution in [-0.2, 0) is 11.3 Å². The fraction of sp³-hybridized carbons (Fsp3) is 0.167. The van der Waals surface area contributed by atoms with Crippen molar-refractivity contribution in [1.29, 1.82) is 0 Å². The molecule has 0 atom stereocenters. The van der Waals surface area contributed by atoms with Crippen molar-refractivity contribution >= 4 is 17.5 Å².